The van der Waals surface area contributed by atoms with E-state index in [9.17, 15) is 4.79 Å². The number of nitrogens with zero attached hydrogens (tertiary/aromatic N) is 2. The lowest BCUT2D eigenvalue weighted by molar-refractivity contribution is -0.128. The van der Waals surface area contributed by atoms with Gasteiger partial charge in [0.25, 0.3) is 0 Å². The molecule has 0 unspecified atom stereocenters. The van der Waals surface area contributed by atoms with Crippen molar-refractivity contribution < 1.29 is 14.3 Å². The van der Waals surface area contributed by atoms with Crippen molar-refractivity contribution in [3.63, 3.8) is 0 Å². The van der Waals surface area contributed by atoms with Crippen molar-refractivity contribution in [2.75, 3.05) is 40.4 Å². The number of hydrogen-bond donors (Lipinski definition) is 1. The zero-order chi connectivity index (χ0) is 21.7. The molecule has 30 heavy (non-hydrogen) atoms. The third kappa shape index (κ3) is 5.46. The minimum absolute atomic E-state index is 0.0716. The summed E-state index contributed by atoms with van der Waals surface area (Å²) < 4.78 is 10.7. The van der Waals surface area contributed by atoms with Crippen molar-refractivity contribution in [3.8, 4) is 11.5 Å². The zero-order valence-corrected chi connectivity index (χ0v) is 19.3. The number of ether oxygens (including phenoxy) is 2. The molecule has 2 aliphatic rings. The van der Waals surface area contributed by atoms with Crippen molar-refractivity contribution in [2.24, 2.45) is 11.8 Å². The quantitative estimate of drug-likeness (QED) is 0.739. The highest BCUT2D eigenvalue weighted by Crippen LogP contribution is 2.30. The Labute approximate surface area is 181 Å². The molecule has 0 aromatic heterocycles. The van der Waals surface area contributed by atoms with E-state index in [0.29, 0.717) is 17.9 Å². The van der Waals surface area contributed by atoms with Crippen molar-refractivity contribution in [1.82, 2.24) is 15.1 Å². The highest BCUT2D eigenvalue weighted by molar-refractivity contribution is 5.81. The summed E-state index contributed by atoms with van der Waals surface area (Å²) in [5, 5.41) is 3.35. The van der Waals surface area contributed by atoms with Crippen LogP contribution in [0.2, 0.25) is 0 Å². The number of piperazine rings is 1. The summed E-state index contributed by atoms with van der Waals surface area (Å²) in [6.45, 7) is 11.3. The summed E-state index contributed by atoms with van der Waals surface area (Å²) in [6, 6.07) is 6.36. The van der Waals surface area contributed by atoms with Gasteiger partial charge in [0.2, 0.25) is 5.91 Å². The molecule has 1 N–H and O–H groups in total. The molecule has 168 valence electrons. The van der Waals surface area contributed by atoms with Crippen LogP contribution in [0.3, 0.4) is 0 Å². The maximum absolute atomic E-state index is 12.9. The first-order valence-electron chi connectivity index (χ1n) is 11.4. The van der Waals surface area contributed by atoms with Gasteiger partial charge in [0, 0.05) is 38.8 Å². The molecule has 4 atom stereocenters. The monoisotopic (exact) mass is 417 g/mol. The number of hydrogen-bond acceptors (Lipinski definition) is 5. The minimum atomic E-state index is -0.0716. The molecule has 0 spiro atoms. The topological polar surface area (TPSA) is 54.0 Å². The Morgan fingerprint density at radius 1 is 1.10 bits per heavy atom. The standard InChI is InChI=1S/C24H39N3O3/c1-17-7-6-8-21(18(17)2)25-24(28)19(3)27-13-11-26(12-14-27)16-20-9-10-22(29-4)23(15-20)30-5/h9-10,15,17-19,21H,6-8,11-14,16H2,1-5H3,(H,25,28)/t17-,18-,19-,21+/m1/s1. The first-order valence-corrected chi connectivity index (χ1v) is 11.4. The summed E-state index contributed by atoms with van der Waals surface area (Å²) in [7, 11) is 3.32. The Morgan fingerprint density at radius 3 is 2.47 bits per heavy atom. The number of carbonyl (C=O) groups excluding carboxylic acids is 1. The minimum Gasteiger partial charge on any atom is -0.493 e. The molecule has 6 heteroatoms. The fourth-order valence-corrected chi connectivity index (χ4v) is 4.80. The molecule has 0 bridgehead atoms. The molecule has 1 heterocycles. The van der Waals surface area contributed by atoms with Crippen LogP contribution in [0.5, 0.6) is 11.5 Å². The molecular formula is C24H39N3O3. The highest BCUT2D eigenvalue weighted by Gasteiger charge is 2.31. The van der Waals surface area contributed by atoms with E-state index in [1.165, 1.54) is 18.4 Å². The van der Waals surface area contributed by atoms with Gasteiger partial charge in [-0.3, -0.25) is 14.6 Å². The number of methoxy groups -OCH3 is 2. The van der Waals surface area contributed by atoms with Crippen LogP contribution in [0.15, 0.2) is 18.2 Å². The Morgan fingerprint density at radius 2 is 1.80 bits per heavy atom. The van der Waals surface area contributed by atoms with E-state index >= 15 is 0 Å². The van der Waals surface area contributed by atoms with Crippen molar-refractivity contribution >= 4 is 5.91 Å². The van der Waals surface area contributed by atoms with Gasteiger partial charge in [0.05, 0.1) is 20.3 Å². The molecular weight excluding hydrogens is 378 g/mol. The Hall–Kier alpha value is -1.79. The lowest BCUT2D eigenvalue weighted by atomic mass is 9.78. The molecule has 3 rings (SSSR count). The number of benzene rings is 1. The van der Waals surface area contributed by atoms with E-state index in [4.69, 9.17) is 9.47 Å². The summed E-state index contributed by atoms with van der Waals surface area (Å²) in [5.41, 5.74) is 1.22. The number of carbonyl (C=O) groups is 1. The van der Waals surface area contributed by atoms with Crippen molar-refractivity contribution in [3.05, 3.63) is 23.8 Å². The molecule has 1 aromatic rings. The smallest absolute Gasteiger partial charge is 0.237 e. The maximum Gasteiger partial charge on any atom is 0.237 e. The predicted molar refractivity (Wildman–Crippen MR) is 120 cm³/mol. The van der Waals surface area contributed by atoms with Crippen LogP contribution in [0.4, 0.5) is 0 Å². The van der Waals surface area contributed by atoms with Gasteiger partial charge in [-0.1, -0.05) is 32.8 Å². The van der Waals surface area contributed by atoms with Gasteiger partial charge in [0.1, 0.15) is 0 Å². The largest absolute Gasteiger partial charge is 0.493 e. The fourth-order valence-electron chi connectivity index (χ4n) is 4.80. The normalized spacial score (nSPS) is 26.8. The molecule has 0 radical (unpaired) electrons. The lowest BCUT2D eigenvalue weighted by Crippen LogP contribution is -2.56. The SMILES string of the molecule is COc1ccc(CN2CCN([C@H](C)C(=O)N[C@H]3CCC[C@@H](C)[C@H]3C)CC2)cc1OC. The van der Waals surface area contributed by atoms with Crippen LogP contribution in [0.1, 0.15) is 45.6 Å². The Bertz CT molecular complexity index is 703. The van der Waals surface area contributed by atoms with Gasteiger partial charge < -0.3 is 14.8 Å². The van der Waals surface area contributed by atoms with Crippen LogP contribution in [0, 0.1) is 11.8 Å². The van der Waals surface area contributed by atoms with Gasteiger partial charge in [-0.2, -0.15) is 0 Å². The van der Waals surface area contributed by atoms with Crippen LogP contribution >= 0.6 is 0 Å². The molecule has 1 aliphatic heterocycles. The van der Waals surface area contributed by atoms with Crippen LogP contribution < -0.4 is 14.8 Å². The molecule has 1 amide bonds. The second-order valence-corrected chi connectivity index (χ2v) is 9.06. The molecule has 6 nitrogen and oxygen atoms in total. The van der Waals surface area contributed by atoms with Gasteiger partial charge in [0.15, 0.2) is 11.5 Å². The number of nitrogens with one attached hydrogen (secondary N) is 1. The van der Waals surface area contributed by atoms with E-state index < -0.39 is 0 Å². The van der Waals surface area contributed by atoms with Crippen LogP contribution in [0.25, 0.3) is 0 Å². The molecule has 1 aliphatic carbocycles. The van der Waals surface area contributed by atoms with Crippen molar-refractivity contribution in [2.45, 2.75) is 58.7 Å². The third-order valence-electron chi connectivity index (χ3n) is 7.22. The predicted octanol–water partition coefficient (Wildman–Crippen LogP) is 3.15. The average molecular weight is 418 g/mol. The first kappa shape index (κ1) is 22.9. The average Bonchev–Trinajstić information content (AvgIpc) is 2.76. The highest BCUT2D eigenvalue weighted by atomic mass is 16.5. The molecule has 1 saturated heterocycles. The van der Waals surface area contributed by atoms with E-state index in [0.717, 1.165) is 50.6 Å². The fraction of sp³-hybridized carbons (Fsp3) is 0.708. The summed E-state index contributed by atoms with van der Waals surface area (Å²) in [5.74, 6) is 2.97. The molecule has 1 saturated carbocycles. The lowest BCUT2D eigenvalue weighted by Gasteiger charge is -2.39. The molecule has 1 aromatic carbocycles. The van der Waals surface area contributed by atoms with E-state index in [-0.39, 0.29) is 11.9 Å². The van der Waals surface area contributed by atoms with Gasteiger partial charge in [-0.05, 0) is 42.9 Å². The number of amides is 1. The summed E-state index contributed by atoms with van der Waals surface area (Å²) >= 11 is 0. The number of rotatable bonds is 7. The zero-order valence-electron chi connectivity index (χ0n) is 19.3. The third-order valence-corrected chi connectivity index (χ3v) is 7.22. The summed E-state index contributed by atoms with van der Waals surface area (Å²) in [4.78, 5) is 17.6. The van der Waals surface area contributed by atoms with Crippen LogP contribution in [-0.2, 0) is 11.3 Å². The van der Waals surface area contributed by atoms with Gasteiger partial charge in [-0.15, -0.1) is 0 Å². The second-order valence-electron chi connectivity index (χ2n) is 9.06. The van der Waals surface area contributed by atoms with E-state index in [1.54, 1.807) is 14.2 Å². The van der Waals surface area contributed by atoms with Crippen molar-refractivity contribution in [1.29, 1.82) is 0 Å². The Kier molecular flexibility index (Phi) is 8.00. The maximum atomic E-state index is 12.9. The Balaban J connectivity index is 1.48. The second kappa shape index (κ2) is 10.5. The van der Waals surface area contributed by atoms with E-state index in [1.807, 2.05) is 12.1 Å². The van der Waals surface area contributed by atoms with Gasteiger partial charge >= 0.3 is 0 Å². The first-order chi connectivity index (χ1) is 14.4. The van der Waals surface area contributed by atoms with Crippen LogP contribution in [-0.4, -0.2) is 68.2 Å². The van der Waals surface area contributed by atoms with E-state index in [2.05, 4.69) is 42.0 Å². The summed E-state index contributed by atoms with van der Waals surface area (Å²) in [6.07, 6.45) is 3.62. The molecule has 2 fully saturated rings. The van der Waals surface area contributed by atoms with Gasteiger partial charge in [-0.25, -0.2) is 0 Å².